The molecule has 1 nitrogen and oxygen atoms in total. The fourth-order valence-electron chi connectivity index (χ4n) is 1.10. The summed E-state index contributed by atoms with van der Waals surface area (Å²) in [6.07, 6.45) is 2.73. The molecule has 0 aromatic rings. The van der Waals surface area contributed by atoms with E-state index in [4.69, 9.17) is 5.73 Å². The molecule has 0 amide bonds. The highest BCUT2D eigenvalue weighted by Crippen LogP contribution is 2.39. The second-order valence-electron chi connectivity index (χ2n) is 2.40. The highest BCUT2D eigenvalue weighted by atomic mass is 14.6. The van der Waals surface area contributed by atoms with Gasteiger partial charge in [-0.25, -0.2) is 0 Å². The molecule has 0 aromatic carbocycles. The predicted molar refractivity (Wildman–Crippen MR) is 30.9 cm³/mol. The van der Waals surface area contributed by atoms with E-state index in [0.717, 1.165) is 18.4 Å². The van der Waals surface area contributed by atoms with Gasteiger partial charge in [0.1, 0.15) is 0 Å². The highest BCUT2D eigenvalue weighted by molar-refractivity contribution is 4.85. The van der Waals surface area contributed by atoms with E-state index in [1.165, 1.54) is 12.8 Å². The van der Waals surface area contributed by atoms with Crippen LogP contribution in [0.2, 0.25) is 0 Å². The van der Waals surface area contributed by atoms with Crippen molar-refractivity contribution in [3.63, 3.8) is 0 Å². The lowest BCUT2D eigenvalue weighted by Gasteiger charge is -1.85. The van der Waals surface area contributed by atoms with Gasteiger partial charge in [-0.15, -0.1) is 0 Å². The fourth-order valence-corrected chi connectivity index (χ4v) is 1.10. The Bertz CT molecular complexity index is 53.2. The molecule has 0 aliphatic heterocycles. The number of hydrogen-bond acceptors (Lipinski definition) is 1. The standard InChI is InChI=1S/C6H13N/c1-2-5-3-6(5)4-7/h5-6H,2-4,7H2,1H3. The summed E-state index contributed by atoms with van der Waals surface area (Å²) in [6.45, 7) is 3.15. The lowest BCUT2D eigenvalue weighted by Crippen LogP contribution is -2.01. The Kier molecular flexibility index (Phi) is 1.33. The maximum absolute atomic E-state index is 5.40. The van der Waals surface area contributed by atoms with Crippen molar-refractivity contribution in [1.29, 1.82) is 0 Å². The first-order chi connectivity index (χ1) is 3.38. The molecule has 7 heavy (non-hydrogen) atoms. The fraction of sp³-hybridized carbons (Fsp3) is 1.00. The van der Waals surface area contributed by atoms with E-state index in [1.807, 2.05) is 0 Å². The Hall–Kier alpha value is -0.0400. The van der Waals surface area contributed by atoms with Crippen LogP contribution in [0, 0.1) is 11.8 Å². The smallest absolute Gasteiger partial charge is 0.00461 e. The van der Waals surface area contributed by atoms with Gasteiger partial charge in [-0.05, 0) is 24.8 Å². The van der Waals surface area contributed by atoms with E-state index in [0.29, 0.717) is 0 Å². The third-order valence-electron chi connectivity index (χ3n) is 1.90. The van der Waals surface area contributed by atoms with E-state index in [2.05, 4.69) is 6.92 Å². The molecule has 2 N–H and O–H groups in total. The maximum Gasteiger partial charge on any atom is -0.00461 e. The van der Waals surface area contributed by atoms with E-state index in [-0.39, 0.29) is 0 Å². The summed E-state index contributed by atoms with van der Waals surface area (Å²) >= 11 is 0. The van der Waals surface area contributed by atoms with Crippen LogP contribution in [0.25, 0.3) is 0 Å². The first-order valence-corrected chi connectivity index (χ1v) is 3.08. The zero-order valence-electron chi connectivity index (χ0n) is 4.85. The Morgan fingerprint density at radius 2 is 2.29 bits per heavy atom. The van der Waals surface area contributed by atoms with E-state index in [1.54, 1.807) is 0 Å². The molecule has 1 saturated carbocycles. The van der Waals surface area contributed by atoms with Gasteiger partial charge in [-0.1, -0.05) is 13.3 Å². The minimum Gasteiger partial charge on any atom is -0.330 e. The zero-order chi connectivity index (χ0) is 5.28. The Balaban J connectivity index is 2.06. The van der Waals surface area contributed by atoms with Crippen LogP contribution < -0.4 is 5.73 Å². The molecule has 1 rings (SSSR count). The van der Waals surface area contributed by atoms with Crippen LogP contribution in [0.5, 0.6) is 0 Å². The molecule has 0 saturated heterocycles. The summed E-state index contributed by atoms with van der Waals surface area (Å²) in [5.74, 6) is 1.88. The van der Waals surface area contributed by atoms with Gasteiger partial charge >= 0.3 is 0 Å². The van der Waals surface area contributed by atoms with Crippen molar-refractivity contribution in [3.05, 3.63) is 0 Å². The van der Waals surface area contributed by atoms with Gasteiger partial charge in [0.25, 0.3) is 0 Å². The lowest BCUT2D eigenvalue weighted by atomic mass is 10.3. The molecule has 1 heteroatoms. The van der Waals surface area contributed by atoms with Crippen LogP contribution in [0.15, 0.2) is 0 Å². The van der Waals surface area contributed by atoms with E-state index in [9.17, 15) is 0 Å². The largest absolute Gasteiger partial charge is 0.330 e. The van der Waals surface area contributed by atoms with Crippen molar-refractivity contribution in [3.8, 4) is 0 Å². The average molecular weight is 99.2 g/mol. The topological polar surface area (TPSA) is 26.0 Å². The first kappa shape index (κ1) is 5.10. The summed E-state index contributed by atoms with van der Waals surface area (Å²) in [5, 5.41) is 0. The van der Waals surface area contributed by atoms with Crippen LogP contribution in [0.3, 0.4) is 0 Å². The molecule has 1 fully saturated rings. The van der Waals surface area contributed by atoms with Crippen molar-refractivity contribution in [2.24, 2.45) is 17.6 Å². The van der Waals surface area contributed by atoms with Crippen molar-refractivity contribution >= 4 is 0 Å². The molecule has 0 aromatic heterocycles. The molecular weight excluding hydrogens is 86.1 g/mol. The molecule has 0 spiro atoms. The summed E-state index contributed by atoms with van der Waals surface area (Å²) in [4.78, 5) is 0. The normalized spacial score (nSPS) is 38.6. The minimum atomic E-state index is 0.894. The van der Waals surface area contributed by atoms with Gasteiger partial charge < -0.3 is 5.73 Å². The van der Waals surface area contributed by atoms with Crippen molar-refractivity contribution in [2.45, 2.75) is 19.8 Å². The third kappa shape index (κ3) is 0.942. The number of hydrogen-bond donors (Lipinski definition) is 1. The van der Waals surface area contributed by atoms with Crippen LogP contribution in [-0.4, -0.2) is 6.54 Å². The average Bonchev–Trinajstić information content (AvgIpc) is 2.43. The molecule has 1 aliphatic rings. The van der Waals surface area contributed by atoms with Gasteiger partial charge in [0, 0.05) is 0 Å². The van der Waals surface area contributed by atoms with Crippen LogP contribution >= 0.6 is 0 Å². The van der Waals surface area contributed by atoms with Gasteiger partial charge in [0.2, 0.25) is 0 Å². The third-order valence-corrected chi connectivity index (χ3v) is 1.90. The maximum atomic E-state index is 5.40. The van der Waals surface area contributed by atoms with Gasteiger partial charge in [0.05, 0.1) is 0 Å². The summed E-state index contributed by atoms with van der Waals surface area (Å²) in [7, 11) is 0. The molecule has 1 aliphatic carbocycles. The number of nitrogens with two attached hydrogens (primary N) is 1. The van der Waals surface area contributed by atoms with Crippen molar-refractivity contribution < 1.29 is 0 Å². The van der Waals surface area contributed by atoms with Crippen LogP contribution in [-0.2, 0) is 0 Å². The highest BCUT2D eigenvalue weighted by Gasteiger charge is 2.33. The minimum absolute atomic E-state index is 0.894. The predicted octanol–water partition coefficient (Wildman–Crippen LogP) is 0.991. The second kappa shape index (κ2) is 1.83. The van der Waals surface area contributed by atoms with Crippen molar-refractivity contribution in [2.75, 3.05) is 6.54 Å². The second-order valence-corrected chi connectivity index (χ2v) is 2.40. The molecule has 0 heterocycles. The molecular formula is C6H13N. The number of rotatable bonds is 2. The Labute approximate surface area is 44.9 Å². The van der Waals surface area contributed by atoms with Gasteiger partial charge in [-0.3, -0.25) is 0 Å². The van der Waals surface area contributed by atoms with Crippen molar-refractivity contribution in [1.82, 2.24) is 0 Å². The van der Waals surface area contributed by atoms with Gasteiger partial charge in [-0.2, -0.15) is 0 Å². The quantitative estimate of drug-likeness (QED) is 0.549. The molecule has 42 valence electrons. The molecule has 0 radical (unpaired) electrons. The molecule has 0 bridgehead atoms. The monoisotopic (exact) mass is 99.1 g/mol. The summed E-state index contributed by atoms with van der Waals surface area (Å²) in [5.41, 5.74) is 5.40. The van der Waals surface area contributed by atoms with E-state index >= 15 is 0 Å². The summed E-state index contributed by atoms with van der Waals surface area (Å²) in [6, 6.07) is 0. The Morgan fingerprint density at radius 3 is 2.43 bits per heavy atom. The van der Waals surface area contributed by atoms with E-state index < -0.39 is 0 Å². The molecule has 2 atom stereocenters. The first-order valence-electron chi connectivity index (χ1n) is 3.08. The van der Waals surface area contributed by atoms with Gasteiger partial charge in [0.15, 0.2) is 0 Å². The SMILES string of the molecule is CCC1CC1CN. The lowest BCUT2D eigenvalue weighted by molar-refractivity contribution is 0.687. The van der Waals surface area contributed by atoms with Crippen LogP contribution in [0.4, 0.5) is 0 Å². The summed E-state index contributed by atoms with van der Waals surface area (Å²) < 4.78 is 0. The molecule has 2 unspecified atom stereocenters. The zero-order valence-corrected chi connectivity index (χ0v) is 4.85. The van der Waals surface area contributed by atoms with Crippen LogP contribution in [0.1, 0.15) is 19.8 Å². The Morgan fingerprint density at radius 1 is 1.57 bits per heavy atom.